The molecule has 0 bridgehead atoms. The van der Waals surface area contributed by atoms with Crippen molar-refractivity contribution in [2.75, 3.05) is 0 Å². The fourth-order valence-electron chi connectivity index (χ4n) is 1.71. The molecule has 17 heavy (non-hydrogen) atoms. The maximum atomic E-state index is 12.8. The van der Waals surface area contributed by atoms with Crippen LogP contribution in [0.25, 0.3) is 0 Å². The van der Waals surface area contributed by atoms with Crippen LogP contribution >= 0.6 is 0 Å². The van der Waals surface area contributed by atoms with Crippen molar-refractivity contribution in [1.82, 2.24) is 0 Å². The second-order valence-corrected chi connectivity index (χ2v) is 5.37. The Balaban J connectivity index is 3.43. The van der Waals surface area contributed by atoms with E-state index >= 15 is 0 Å². The van der Waals surface area contributed by atoms with Gasteiger partial charge in [-0.1, -0.05) is 45.0 Å². The molecule has 1 rings (SSSR count). The van der Waals surface area contributed by atoms with Gasteiger partial charge in [-0.15, -0.1) is 0 Å². The van der Waals surface area contributed by atoms with E-state index in [1.54, 1.807) is 12.1 Å². The van der Waals surface area contributed by atoms with Crippen molar-refractivity contribution in [1.29, 1.82) is 0 Å². The van der Waals surface area contributed by atoms with Crippen molar-refractivity contribution in [3.8, 4) is 0 Å². The number of rotatable bonds is 1. The SMILES string of the molecule is CC(C)(C)c1ccccc1C(C)(O)C(F)(F)F. The average Bonchev–Trinajstić information content (AvgIpc) is 2.14. The van der Waals surface area contributed by atoms with E-state index in [2.05, 4.69) is 0 Å². The predicted octanol–water partition coefficient (Wildman–Crippen LogP) is 3.75. The molecule has 0 aromatic heterocycles. The van der Waals surface area contributed by atoms with E-state index in [0.29, 0.717) is 5.56 Å². The second kappa shape index (κ2) is 4.02. The molecule has 96 valence electrons. The summed E-state index contributed by atoms with van der Waals surface area (Å²) in [6.07, 6.45) is -4.69. The molecule has 0 saturated heterocycles. The summed E-state index contributed by atoms with van der Waals surface area (Å²) in [5.74, 6) is 0. The summed E-state index contributed by atoms with van der Waals surface area (Å²) in [4.78, 5) is 0. The Labute approximate surface area is 99.3 Å². The molecule has 1 aromatic rings. The van der Waals surface area contributed by atoms with Crippen LogP contribution in [0, 0.1) is 0 Å². The van der Waals surface area contributed by atoms with Gasteiger partial charge in [-0.05, 0) is 23.5 Å². The molecule has 0 spiro atoms. The summed E-state index contributed by atoms with van der Waals surface area (Å²) in [6, 6.07) is 6.13. The Morgan fingerprint density at radius 2 is 1.29 bits per heavy atom. The molecule has 0 aliphatic rings. The van der Waals surface area contributed by atoms with Crippen molar-refractivity contribution in [3.63, 3.8) is 0 Å². The highest BCUT2D eigenvalue weighted by atomic mass is 19.4. The first-order valence-electron chi connectivity index (χ1n) is 5.37. The lowest BCUT2D eigenvalue weighted by Crippen LogP contribution is -2.41. The largest absolute Gasteiger partial charge is 0.421 e. The molecule has 1 nitrogen and oxygen atoms in total. The number of hydrogen-bond donors (Lipinski definition) is 1. The number of alkyl halides is 3. The molecule has 0 saturated carbocycles. The van der Waals surface area contributed by atoms with Gasteiger partial charge >= 0.3 is 6.18 Å². The van der Waals surface area contributed by atoms with Crippen molar-refractivity contribution in [2.45, 2.75) is 44.9 Å². The first-order chi connectivity index (χ1) is 7.48. The summed E-state index contributed by atoms with van der Waals surface area (Å²) in [6.45, 7) is 6.24. The number of aliphatic hydroxyl groups is 1. The van der Waals surface area contributed by atoms with Gasteiger partial charge in [-0.25, -0.2) is 0 Å². The van der Waals surface area contributed by atoms with Gasteiger partial charge in [0.15, 0.2) is 5.60 Å². The van der Waals surface area contributed by atoms with Gasteiger partial charge in [0.2, 0.25) is 0 Å². The van der Waals surface area contributed by atoms with Crippen LogP contribution in [0.15, 0.2) is 24.3 Å². The molecule has 0 amide bonds. The van der Waals surface area contributed by atoms with Gasteiger partial charge in [0.25, 0.3) is 0 Å². The van der Waals surface area contributed by atoms with Gasteiger partial charge in [0.1, 0.15) is 0 Å². The molecule has 0 radical (unpaired) electrons. The molecule has 0 aliphatic heterocycles. The molecule has 0 aliphatic carbocycles. The fraction of sp³-hybridized carbons (Fsp3) is 0.538. The third-order valence-corrected chi connectivity index (χ3v) is 2.81. The Morgan fingerprint density at radius 1 is 0.882 bits per heavy atom. The zero-order chi connectivity index (χ0) is 13.5. The average molecular weight is 246 g/mol. The van der Waals surface area contributed by atoms with Crippen LogP contribution in [0.4, 0.5) is 13.2 Å². The zero-order valence-electron chi connectivity index (χ0n) is 10.4. The normalized spacial score (nSPS) is 16.7. The van der Waals surface area contributed by atoms with Crippen molar-refractivity contribution in [3.05, 3.63) is 35.4 Å². The van der Waals surface area contributed by atoms with Crippen molar-refractivity contribution >= 4 is 0 Å². The van der Waals surface area contributed by atoms with Crippen LogP contribution in [-0.2, 0) is 11.0 Å². The molecular weight excluding hydrogens is 229 g/mol. The topological polar surface area (TPSA) is 20.2 Å². The van der Waals surface area contributed by atoms with Gasteiger partial charge in [0.05, 0.1) is 0 Å². The van der Waals surface area contributed by atoms with E-state index in [1.807, 2.05) is 20.8 Å². The van der Waals surface area contributed by atoms with Crippen LogP contribution < -0.4 is 0 Å². The molecule has 1 atom stereocenters. The third kappa shape index (κ3) is 2.63. The second-order valence-electron chi connectivity index (χ2n) is 5.37. The Kier molecular flexibility index (Phi) is 3.32. The van der Waals surface area contributed by atoms with E-state index in [9.17, 15) is 18.3 Å². The Bertz CT molecular complexity index is 400. The molecule has 1 unspecified atom stereocenters. The lowest BCUT2D eigenvalue weighted by molar-refractivity contribution is -0.259. The van der Waals surface area contributed by atoms with Gasteiger partial charge in [-0.2, -0.15) is 13.2 Å². The first-order valence-corrected chi connectivity index (χ1v) is 5.37. The molecule has 1 aromatic carbocycles. The molecule has 0 fully saturated rings. The molecule has 1 N–H and O–H groups in total. The fourth-order valence-corrected chi connectivity index (χ4v) is 1.71. The smallest absolute Gasteiger partial charge is 0.376 e. The molecule has 0 heterocycles. The quantitative estimate of drug-likeness (QED) is 0.800. The molecular formula is C13H17F3O. The van der Waals surface area contributed by atoms with E-state index in [4.69, 9.17) is 0 Å². The predicted molar refractivity (Wildman–Crippen MR) is 60.8 cm³/mol. The highest BCUT2D eigenvalue weighted by molar-refractivity contribution is 5.37. The maximum Gasteiger partial charge on any atom is 0.421 e. The van der Waals surface area contributed by atoms with Crippen LogP contribution in [0.1, 0.15) is 38.8 Å². The Hall–Kier alpha value is -1.03. The summed E-state index contributed by atoms with van der Waals surface area (Å²) >= 11 is 0. The number of benzene rings is 1. The van der Waals surface area contributed by atoms with E-state index < -0.39 is 17.2 Å². The van der Waals surface area contributed by atoms with Crippen LogP contribution in [0.2, 0.25) is 0 Å². The minimum atomic E-state index is -4.69. The van der Waals surface area contributed by atoms with E-state index in [-0.39, 0.29) is 5.56 Å². The summed E-state index contributed by atoms with van der Waals surface area (Å²) < 4.78 is 38.5. The van der Waals surface area contributed by atoms with Crippen LogP contribution in [0.3, 0.4) is 0 Å². The van der Waals surface area contributed by atoms with E-state index in [0.717, 1.165) is 6.92 Å². The minimum absolute atomic E-state index is 0.0833. The molecule has 4 heteroatoms. The van der Waals surface area contributed by atoms with Gasteiger partial charge < -0.3 is 5.11 Å². The van der Waals surface area contributed by atoms with Gasteiger partial charge in [-0.3, -0.25) is 0 Å². The highest BCUT2D eigenvalue weighted by Crippen LogP contribution is 2.42. The summed E-state index contributed by atoms with van der Waals surface area (Å²) in [7, 11) is 0. The van der Waals surface area contributed by atoms with Crippen molar-refractivity contribution < 1.29 is 18.3 Å². The number of hydrogen-bond acceptors (Lipinski definition) is 1. The van der Waals surface area contributed by atoms with Crippen LogP contribution in [-0.4, -0.2) is 11.3 Å². The maximum absolute atomic E-state index is 12.8. The lowest BCUT2D eigenvalue weighted by atomic mass is 9.78. The summed E-state index contributed by atoms with van der Waals surface area (Å²) in [5, 5.41) is 9.74. The zero-order valence-corrected chi connectivity index (χ0v) is 10.4. The lowest BCUT2D eigenvalue weighted by Gasteiger charge is -2.32. The van der Waals surface area contributed by atoms with Gasteiger partial charge in [0, 0.05) is 0 Å². The number of halogens is 3. The van der Waals surface area contributed by atoms with Crippen LogP contribution in [0.5, 0.6) is 0 Å². The van der Waals surface area contributed by atoms with E-state index in [1.165, 1.54) is 12.1 Å². The Morgan fingerprint density at radius 3 is 1.65 bits per heavy atom. The minimum Gasteiger partial charge on any atom is -0.376 e. The van der Waals surface area contributed by atoms with Crippen molar-refractivity contribution in [2.24, 2.45) is 0 Å². The third-order valence-electron chi connectivity index (χ3n) is 2.81. The highest BCUT2D eigenvalue weighted by Gasteiger charge is 2.52. The first kappa shape index (κ1) is 14.0. The summed E-state index contributed by atoms with van der Waals surface area (Å²) in [5.41, 5.74) is -2.86. The monoisotopic (exact) mass is 246 g/mol. The standard InChI is InChI=1S/C13H17F3O/c1-11(2,3)9-7-5-6-8-10(9)12(4,17)13(14,15)16/h5-8,17H,1-4H3.